The Morgan fingerprint density at radius 2 is 1.48 bits per heavy atom. The molecule has 0 aliphatic carbocycles. The average Bonchev–Trinajstić information content (AvgIpc) is 2.59. The van der Waals surface area contributed by atoms with Gasteiger partial charge >= 0.3 is 0 Å². The number of hydrogen-bond donors (Lipinski definition) is 0. The minimum Gasteiger partial charge on any atom is -0.347 e. The summed E-state index contributed by atoms with van der Waals surface area (Å²) in [6.45, 7) is 8.55. The van der Waals surface area contributed by atoms with Crippen molar-refractivity contribution in [1.29, 1.82) is 0 Å². The lowest BCUT2D eigenvalue weighted by Crippen LogP contribution is -2.61. The van der Waals surface area contributed by atoms with E-state index in [1.54, 1.807) is 37.7 Å². The van der Waals surface area contributed by atoms with E-state index in [9.17, 15) is 14.4 Å². The molecule has 0 bridgehead atoms. The highest BCUT2D eigenvalue weighted by atomic mass is 16.2. The third kappa shape index (κ3) is 5.18. The van der Waals surface area contributed by atoms with E-state index in [0.717, 1.165) is 12.8 Å². The van der Waals surface area contributed by atoms with Crippen LogP contribution in [0.25, 0.3) is 0 Å². The lowest BCUT2D eigenvalue weighted by Gasteiger charge is -2.41. The Balaban J connectivity index is 3.06. The van der Waals surface area contributed by atoms with Crippen LogP contribution in [0.5, 0.6) is 0 Å². The maximum atomic E-state index is 12.7. The van der Waals surface area contributed by atoms with Crippen molar-refractivity contribution in [3.63, 3.8) is 0 Å². The van der Waals surface area contributed by atoms with E-state index in [0.29, 0.717) is 24.2 Å². The summed E-state index contributed by atoms with van der Waals surface area (Å²) in [5, 5.41) is 0. The first-order chi connectivity index (χ1) is 11.7. The van der Waals surface area contributed by atoms with E-state index in [2.05, 4.69) is 0 Å². The van der Waals surface area contributed by atoms with Crippen LogP contribution in [0.3, 0.4) is 0 Å². The van der Waals surface area contributed by atoms with Gasteiger partial charge in [-0.25, -0.2) is 0 Å². The first kappa shape index (κ1) is 20.9. The number of likely N-dealkylation sites (N-methyl/N-ethyl adjacent to an activating group) is 1. The topological polar surface area (TPSA) is 60.9 Å². The molecule has 6 heteroatoms. The number of nitrogens with zero attached hydrogens (tertiary/aromatic N) is 3. The second-order valence-corrected chi connectivity index (χ2v) is 6.59. The van der Waals surface area contributed by atoms with Crippen LogP contribution in [0, 0.1) is 0 Å². The maximum absolute atomic E-state index is 12.7. The number of allylic oxidation sites excluding steroid dienone is 2. The molecule has 0 radical (unpaired) electrons. The molecule has 0 aromatic rings. The first-order valence-corrected chi connectivity index (χ1v) is 8.89. The molecule has 0 spiro atoms. The van der Waals surface area contributed by atoms with Gasteiger partial charge in [0.25, 0.3) is 0 Å². The van der Waals surface area contributed by atoms with Crippen molar-refractivity contribution in [2.45, 2.75) is 46.6 Å². The molecule has 1 unspecified atom stereocenters. The summed E-state index contributed by atoms with van der Waals surface area (Å²) in [5.74, 6) is -0.353. The van der Waals surface area contributed by atoms with Crippen molar-refractivity contribution in [3.05, 3.63) is 23.3 Å². The highest BCUT2D eigenvalue weighted by Gasteiger charge is 2.38. The summed E-state index contributed by atoms with van der Waals surface area (Å²) in [5.41, 5.74) is 1.32. The average molecular weight is 349 g/mol. The van der Waals surface area contributed by atoms with Crippen molar-refractivity contribution < 1.29 is 14.4 Å². The predicted molar refractivity (Wildman–Crippen MR) is 98.9 cm³/mol. The van der Waals surface area contributed by atoms with Crippen LogP contribution in [0.15, 0.2) is 23.3 Å². The summed E-state index contributed by atoms with van der Waals surface area (Å²) in [4.78, 5) is 42.6. The van der Waals surface area contributed by atoms with Gasteiger partial charge in [0, 0.05) is 38.3 Å². The standard InChI is InChI=1S/C19H31N3O3/c1-7-9-14(3)17(23)21-11-12-22(18(24)15(4)10-8-2)16(13-21)19(25)20(5)6/h9-10,16H,7-8,11-13H2,1-6H3/b14-9-,15-10+. The Kier molecular flexibility index (Phi) is 7.87. The molecule has 0 saturated carbocycles. The van der Waals surface area contributed by atoms with Crippen LogP contribution in [0.2, 0.25) is 0 Å². The highest BCUT2D eigenvalue weighted by molar-refractivity contribution is 5.98. The minimum atomic E-state index is -0.644. The quantitative estimate of drug-likeness (QED) is 0.712. The summed E-state index contributed by atoms with van der Waals surface area (Å²) < 4.78 is 0. The van der Waals surface area contributed by atoms with Crippen LogP contribution >= 0.6 is 0 Å². The van der Waals surface area contributed by atoms with Crippen LogP contribution < -0.4 is 0 Å². The van der Waals surface area contributed by atoms with Gasteiger partial charge in [-0.2, -0.15) is 0 Å². The van der Waals surface area contributed by atoms with Gasteiger partial charge < -0.3 is 14.7 Å². The molecule has 25 heavy (non-hydrogen) atoms. The number of carbonyl (C=O) groups is 3. The molecule has 0 N–H and O–H groups in total. The van der Waals surface area contributed by atoms with E-state index in [-0.39, 0.29) is 24.3 Å². The fraction of sp³-hybridized carbons (Fsp3) is 0.632. The maximum Gasteiger partial charge on any atom is 0.249 e. The summed E-state index contributed by atoms with van der Waals surface area (Å²) >= 11 is 0. The van der Waals surface area contributed by atoms with Crippen molar-refractivity contribution in [3.8, 4) is 0 Å². The number of rotatable bonds is 5. The molecule has 1 rings (SSSR count). The van der Waals surface area contributed by atoms with Crippen molar-refractivity contribution in [2.75, 3.05) is 33.7 Å². The summed E-state index contributed by atoms with van der Waals surface area (Å²) in [7, 11) is 3.34. The molecular formula is C19H31N3O3. The monoisotopic (exact) mass is 349 g/mol. The van der Waals surface area contributed by atoms with Gasteiger partial charge in [0.15, 0.2) is 0 Å². The molecule has 1 aliphatic heterocycles. The lowest BCUT2D eigenvalue weighted by molar-refractivity contribution is -0.148. The van der Waals surface area contributed by atoms with Crippen molar-refractivity contribution in [2.24, 2.45) is 0 Å². The van der Waals surface area contributed by atoms with Crippen molar-refractivity contribution in [1.82, 2.24) is 14.7 Å². The zero-order valence-corrected chi connectivity index (χ0v) is 16.3. The van der Waals surface area contributed by atoms with Crippen LogP contribution in [0.1, 0.15) is 40.5 Å². The van der Waals surface area contributed by atoms with E-state index >= 15 is 0 Å². The predicted octanol–water partition coefficient (Wildman–Crippen LogP) is 1.83. The Hall–Kier alpha value is -2.11. The van der Waals surface area contributed by atoms with Crippen LogP contribution in [-0.4, -0.2) is 72.2 Å². The van der Waals surface area contributed by atoms with Gasteiger partial charge in [0.2, 0.25) is 17.7 Å². The Bertz CT molecular complexity index is 578. The Labute approximate surface area is 151 Å². The molecular weight excluding hydrogens is 318 g/mol. The third-order valence-corrected chi connectivity index (χ3v) is 4.35. The van der Waals surface area contributed by atoms with Gasteiger partial charge in [-0.3, -0.25) is 14.4 Å². The number of hydrogen-bond acceptors (Lipinski definition) is 3. The first-order valence-electron chi connectivity index (χ1n) is 8.89. The molecule has 0 aromatic carbocycles. The molecule has 1 aliphatic rings. The van der Waals surface area contributed by atoms with Gasteiger partial charge in [0.1, 0.15) is 6.04 Å². The molecule has 1 heterocycles. The Morgan fingerprint density at radius 1 is 0.960 bits per heavy atom. The van der Waals surface area contributed by atoms with Gasteiger partial charge in [-0.15, -0.1) is 0 Å². The lowest BCUT2D eigenvalue weighted by atomic mass is 10.1. The smallest absolute Gasteiger partial charge is 0.249 e. The van der Waals surface area contributed by atoms with Gasteiger partial charge in [0.05, 0.1) is 6.54 Å². The SMILES string of the molecule is CC/C=C(/C)C(=O)N1CCN(C(=O)/C(C)=C/CC)C(C(=O)N(C)C)C1. The molecule has 140 valence electrons. The molecule has 3 amide bonds. The molecule has 6 nitrogen and oxygen atoms in total. The second kappa shape index (κ2) is 9.39. The van der Waals surface area contributed by atoms with Gasteiger partial charge in [-0.1, -0.05) is 26.0 Å². The van der Waals surface area contributed by atoms with Crippen LogP contribution in [-0.2, 0) is 14.4 Å². The third-order valence-electron chi connectivity index (χ3n) is 4.35. The number of amides is 3. The molecule has 0 aromatic heterocycles. The highest BCUT2D eigenvalue weighted by Crippen LogP contribution is 2.17. The van der Waals surface area contributed by atoms with E-state index < -0.39 is 6.04 Å². The zero-order chi connectivity index (χ0) is 19.1. The molecule has 1 atom stereocenters. The van der Waals surface area contributed by atoms with E-state index in [1.807, 2.05) is 26.0 Å². The number of carbonyl (C=O) groups excluding carboxylic acids is 3. The Morgan fingerprint density at radius 3 is 1.96 bits per heavy atom. The molecule has 1 fully saturated rings. The van der Waals surface area contributed by atoms with E-state index in [1.165, 1.54) is 4.90 Å². The van der Waals surface area contributed by atoms with Crippen LogP contribution in [0.4, 0.5) is 0 Å². The number of piperazine rings is 1. The molecule has 1 saturated heterocycles. The fourth-order valence-electron chi connectivity index (χ4n) is 2.98. The summed E-state index contributed by atoms with van der Waals surface area (Å²) in [6.07, 6.45) is 5.31. The normalized spacial score (nSPS) is 19.0. The zero-order valence-electron chi connectivity index (χ0n) is 16.3. The summed E-state index contributed by atoms with van der Waals surface area (Å²) in [6, 6.07) is -0.644. The fourth-order valence-corrected chi connectivity index (χ4v) is 2.98. The largest absolute Gasteiger partial charge is 0.347 e. The van der Waals surface area contributed by atoms with Crippen molar-refractivity contribution >= 4 is 17.7 Å². The van der Waals surface area contributed by atoms with E-state index in [4.69, 9.17) is 0 Å². The minimum absolute atomic E-state index is 0.0636. The second-order valence-electron chi connectivity index (χ2n) is 6.59. The van der Waals surface area contributed by atoms with Gasteiger partial charge in [-0.05, 0) is 26.7 Å².